The van der Waals surface area contributed by atoms with Gasteiger partial charge in [-0.2, -0.15) is 0 Å². The van der Waals surface area contributed by atoms with Gasteiger partial charge in [0.25, 0.3) is 0 Å². The summed E-state index contributed by atoms with van der Waals surface area (Å²) >= 11 is 0. The second kappa shape index (κ2) is 3.94. The first-order chi connectivity index (χ1) is 4.45. The highest BCUT2D eigenvalue weighted by Gasteiger charge is 2.09. The van der Waals surface area contributed by atoms with Gasteiger partial charge in [0, 0.05) is 6.67 Å². The predicted molar refractivity (Wildman–Crippen MR) is 45.8 cm³/mol. The van der Waals surface area contributed by atoms with Crippen LogP contribution in [0.4, 0.5) is 0 Å². The monoisotopic (exact) mass is 144 g/mol. The molecule has 0 bridgehead atoms. The maximum atomic E-state index is 5.43. The molecule has 0 saturated heterocycles. The van der Waals surface area contributed by atoms with Gasteiger partial charge in [-0.1, -0.05) is 20.8 Å². The van der Waals surface area contributed by atoms with Gasteiger partial charge in [-0.05, 0) is 25.4 Å². The fourth-order valence-corrected chi connectivity index (χ4v) is 0.618. The number of hydrogen-bond acceptors (Lipinski definition) is 2. The van der Waals surface area contributed by atoms with Crippen LogP contribution in [0.3, 0.4) is 0 Å². The normalized spacial score (nSPS) is 12.6. The molecule has 2 nitrogen and oxygen atoms in total. The third kappa shape index (κ3) is 6.05. The minimum Gasteiger partial charge on any atom is -0.318 e. The molecule has 0 spiro atoms. The highest BCUT2D eigenvalue weighted by atomic mass is 15.1. The second-order valence-electron chi connectivity index (χ2n) is 4.07. The lowest BCUT2D eigenvalue weighted by molar-refractivity contribution is 0.269. The molecular weight excluding hydrogens is 124 g/mol. The number of nitrogens with zero attached hydrogens (tertiary/aromatic N) is 1. The molecule has 0 fully saturated rings. The first kappa shape index (κ1) is 9.92. The van der Waals surface area contributed by atoms with Crippen molar-refractivity contribution in [2.45, 2.75) is 27.2 Å². The molecule has 0 heterocycles. The zero-order valence-electron chi connectivity index (χ0n) is 7.65. The van der Waals surface area contributed by atoms with Gasteiger partial charge in [-0.3, -0.25) is 4.90 Å². The molecule has 0 unspecified atom stereocenters. The van der Waals surface area contributed by atoms with Crippen LogP contribution in [0.15, 0.2) is 0 Å². The molecule has 0 saturated carbocycles. The van der Waals surface area contributed by atoms with Gasteiger partial charge in [0.1, 0.15) is 0 Å². The smallest absolute Gasteiger partial charge is 0.0452 e. The molecule has 0 aliphatic heterocycles. The van der Waals surface area contributed by atoms with Crippen molar-refractivity contribution < 1.29 is 0 Å². The molecule has 0 aromatic carbocycles. The minimum absolute atomic E-state index is 0.434. The van der Waals surface area contributed by atoms with Crippen molar-refractivity contribution in [3.63, 3.8) is 0 Å². The van der Waals surface area contributed by atoms with Gasteiger partial charge in [-0.15, -0.1) is 0 Å². The lowest BCUT2D eigenvalue weighted by Gasteiger charge is -2.22. The van der Waals surface area contributed by atoms with Crippen molar-refractivity contribution in [3.05, 3.63) is 0 Å². The largest absolute Gasteiger partial charge is 0.318 e. The van der Waals surface area contributed by atoms with Crippen LogP contribution in [-0.2, 0) is 0 Å². The maximum Gasteiger partial charge on any atom is 0.0452 e. The number of hydrogen-bond donors (Lipinski definition) is 1. The first-order valence-corrected chi connectivity index (χ1v) is 3.84. The van der Waals surface area contributed by atoms with Crippen molar-refractivity contribution >= 4 is 0 Å². The zero-order chi connectivity index (χ0) is 8.20. The Balaban J connectivity index is 3.36. The third-order valence-corrected chi connectivity index (χ3v) is 1.56. The van der Waals surface area contributed by atoms with E-state index in [0.717, 1.165) is 6.54 Å². The molecule has 2 heteroatoms. The molecular formula is C8H20N2. The van der Waals surface area contributed by atoms with E-state index in [0.29, 0.717) is 12.1 Å². The van der Waals surface area contributed by atoms with Crippen molar-refractivity contribution in [2.75, 3.05) is 20.3 Å². The van der Waals surface area contributed by atoms with Crippen LogP contribution >= 0.6 is 0 Å². The molecule has 0 atom stereocenters. The summed E-state index contributed by atoms with van der Waals surface area (Å²) in [7, 11) is 2.05. The minimum atomic E-state index is 0.434. The number of rotatable bonds is 3. The lowest BCUT2D eigenvalue weighted by atomic mass is 9.92. The third-order valence-electron chi connectivity index (χ3n) is 1.56. The van der Waals surface area contributed by atoms with E-state index < -0.39 is 0 Å². The van der Waals surface area contributed by atoms with E-state index in [-0.39, 0.29) is 0 Å². The number of nitrogens with two attached hydrogens (primary N) is 1. The first-order valence-electron chi connectivity index (χ1n) is 3.84. The molecule has 0 amide bonds. The topological polar surface area (TPSA) is 29.3 Å². The molecule has 0 aromatic heterocycles. The highest BCUT2D eigenvalue weighted by molar-refractivity contribution is 4.62. The van der Waals surface area contributed by atoms with E-state index in [2.05, 4.69) is 25.7 Å². The Hall–Kier alpha value is -0.0800. The molecule has 0 radical (unpaired) electrons. The van der Waals surface area contributed by atoms with Crippen LogP contribution in [0.1, 0.15) is 27.2 Å². The van der Waals surface area contributed by atoms with Crippen LogP contribution < -0.4 is 5.73 Å². The summed E-state index contributed by atoms with van der Waals surface area (Å²) in [5.41, 5.74) is 5.86. The standard InChI is InChI=1S/C8H20N2/c1-8(2,3)5-6-10(4)7-9/h5-7,9H2,1-4H3. The van der Waals surface area contributed by atoms with Gasteiger partial charge in [0.05, 0.1) is 0 Å². The van der Waals surface area contributed by atoms with E-state index in [1.165, 1.54) is 6.42 Å². The maximum absolute atomic E-state index is 5.43. The molecule has 62 valence electrons. The fraction of sp³-hybridized carbons (Fsp3) is 1.00. The van der Waals surface area contributed by atoms with Gasteiger partial charge in [-0.25, -0.2) is 0 Å². The van der Waals surface area contributed by atoms with E-state index >= 15 is 0 Å². The van der Waals surface area contributed by atoms with Crippen LogP contribution in [0.5, 0.6) is 0 Å². The summed E-state index contributed by atoms with van der Waals surface area (Å²) in [6.45, 7) is 8.50. The summed E-state index contributed by atoms with van der Waals surface area (Å²) < 4.78 is 0. The van der Waals surface area contributed by atoms with Gasteiger partial charge in [0.15, 0.2) is 0 Å². The predicted octanol–water partition coefficient (Wildman–Crippen LogP) is 1.27. The molecule has 0 aliphatic carbocycles. The Labute approximate surface area is 64.4 Å². The molecule has 10 heavy (non-hydrogen) atoms. The van der Waals surface area contributed by atoms with E-state index in [1.54, 1.807) is 0 Å². The summed E-state index contributed by atoms with van der Waals surface area (Å²) in [6.07, 6.45) is 1.21. The van der Waals surface area contributed by atoms with E-state index in [1.807, 2.05) is 7.05 Å². The van der Waals surface area contributed by atoms with Crippen molar-refractivity contribution in [2.24, 2.45) is 11.1 Å². The Bertz CT molecular complexity index is 83.7. The van der Waals surface area contributed by atoms with Crippen LogP contribution in [0, 0.1) is 5.41 Å². The molecule has 0 aliphatic rings. The Kier molecular flexibility index (Phi) is 3.91. The van der Waals surface area contributed by atoms with Crippen LogP contribution in [0.25, 0.3) is 0 Å². The molecule has 0 rings (SSSR count). The average molecular weight is 144 g/mol. The summed E-state index contributed by atoms with van der Waals surface area (Å²) in [6, 6.07) is 0. The van der Waals surface area contributed by atoms with Crippen molar-refractivity contribution in [1.82, 2.24) is 4.90 Å². The van der Waals surface area contributed by atoms with Gasteiger partial charge in [0.2, 0.25) is 0 Å². The second-order valence-corrected chi connectivity index (χ2v) is 4.07. The van der Waals surface area contributed by atoms with Crippen LogP contribution in [-0.4, -0.2) is 25.2 Å². The van der Waals surface area contributed by atoms with Gasteiger partial charge >= 0.3 is 0 Å². The Morgan fingerprint density at radius 3 is 2.10 bits per heavy atom. The average Bonchev–Trinajstić information content (AvgIpc) is 1.81. The molecule has 0 aromatic rings. The van der Waals surface area contributed by atoms with E-state index in [4.69, 9.17) is 5.73 Å². The Morgan fingerprint density at radius 1 is 1.30 bits per heavy atom. The lowest BCUT2D eigenvalue weighted by Crippen LogP contribution is -2.28. The zero-order valence-corrected chi connectivity index (χ0v) is 7.65. The Morgan fingerprint density at radius 2 is 1.80 bits per heavy atom. The quantitative estimate of drug-likeness (QED) is 0.604. The summed E-state index contributed by atoms with van der Waals surface area (Å²) in [4.78, 5) is 2.13. The summed E-state index contributed by atoms with van der Waals surface area (Å²) in [5, 5.41) is 0. The summed E-state index contributed by atoms with van der Waals surface area (Å²) in [5.74, 6) is 0. The van der Waals surface area contributed by atoms with E-state index in [9.17, 15) is 0 Å². The van der Waals surface area contributed by atoms with Crippen molar-refractivity contribution in [3.8, 4) is 0 Å². The SMILES string of the molecule is CN(CN)CCC(C)(C)C. The molecule has 2 N–H and O–H groups in total. The van der Waals surface area contributed by atoms with Gasteiger partial charge < -0.3 is 5.73 Å². The highest BCUT2D eigenvalue weighted by Crippen LogP contribution is 2.17. The van der Waals surface area contributed by atoms with Crippen LogP contribution in [0.2, 0.25) is 0 Å². The van der Waals surface area contributed by atoms with Crippen molar-refractivity contribution in [1.29, 1.82) is 0 Å². The fourth-order valence-electron chi connectivity index (χ4n) is 0.618.